The van der Waals surface area contributed by atoms with Crippen molar-refractivity contribution in [1.29, 1.82) is 0 Å². The number of likely N-dealkylation sites (tertiary alicyclic amines) is 1. The lowest BCUT2D eigenvalue weighted by molar-refractivity contribution is 0.176. The van der Waals surface area contributed by atoms with E-state index in [1.807, 2.05) is 0 Å². The van der Waals surface area contributed by atoms with Crippen molar-refractivity contribution in [2.45, 2.75) is 45.6 Å². The fourth-order valence-corrected chi connectivity index (χ4v) is 3.91. The summed E-state index contributed by atoms with van der Waals surface area (Å²) in [6.45, 7) is 7.88. The molecule has 2 aliphatic rings. The van der Waals surface area contributed by atoms with Gasteiger partial charge in [0.1, 0.15) is 5.83 Å². The van der Waals surface area contributed by atoms with Gasteiger partial charge in [-0.05, 0) is 56.4 Å². The number of allylic oxidation sites excluding steroid dienone is 3. The van der Waals surface area contributed by atoms with E-state index in [-0.39, 0.29) is 11.6 Å². The fourth-order valence-electron chi connectivity index (χ4n) is 3.91. The Kier molecular flexibility index (Phi) is 9.05. The second-order valence-electron chi connectivity index (χ2n) is 8.25. The summed E-state index contributed by atoms with van der Waals surface area (Å²) in [4.78, 5) is 13.5. The van der Waals surface area contributed by atoms with E-state index in [0.29, 0.717) is 25.3 Å². The maximum Gasteiger partial charge on any atom is 0.412 e. The standard InChI is InChI=1S/C18H21N.C9H12FNO2/c1-15-7-9-17(10-8-15)18-11-12-19(14-18)13-16-5-3-2-4-6-16;1-2-11-9(12)13-8-6-4-3-5-7(8)10/h2-10,18H,11-14H2,1H3;4,6H,2-3,5H2,1H3,(H,11,12). The number of ether oxygens (including phenoxy) is 1. The van der Waals surface area contributed by atoms with Gasteiger partial charge in [0.2, 0.25) is 0 Å². The number of aryl methyl sites for hydroxylation is 1. The molecule has 170 valence electrons. The Morgan fingerprint density at radius 1 is 1.16 bits per heavy atom. The normalized spacial score (nSPS) is 18.2. The summed E-state index contributed by atoms with van der Waals surface area (Å²) >= 11 is 0. The molecule has 1 atom stereocenters. The minimum atomic E-state index is -0.612. The van der Waals surface area contributed by atoms with E-state index < -0.39 is 6.09 Å². The number of hydrogen-bond donors (Lipinski definition) is 1. The van der Waals surface area contributed by atoms with E-state index >= 15 is 0 Å². The van der Waals surface area contributed by atoms with Crippen LogP contribution in [0.5, 0.6) is 0 Å². The van der Waals surface area contributed by atoms with Crippen molar-refractivity contribution in [2.75, 3.05) is 19.6 Å². The molecule has 0 bridgehead atoms. The van der Waals surface area contributed by atoms with E-state index in [9.17, 15) is 9.18 Å². The smallest absolute Gasteiger partial charge is 0.408 e. The van der Waals surface area contributed by atoms with Crippen molar-refractivity contribution in [3.05, 3.63) is 95.0 Å². The zero-order chi connectivity index (χ0) is 22.8. The minimum absolute atomic E-state index is 0.0252. The van der Waals surface area contributed by atoms with Crippen molar-refractivity contribution in [1.82, 2.24) is 10.2 Å². The van der Waals surface area contributed by atoms with E-state index in [2.05, 4.69) is 71.7 Å². The van der Waals surface area contributed by atoms with E-state index in [1.54, 1.807) is 13.0 Å². The molecule has 1 N–H and O–H groups in total. The third kappa shape index (κ3) is 7.34. The summed E-state index contributed by atoms with van der Waals surface area (Å²) < 4.78 is 17.7. The zero-order valence-electron chi connectivity index (χ0n) is 19.0. The molecule has 1 aliphatic carbocycles. The lowest BCUT2D eigenvalue weighted by Crippen LogP contribution is -2.23. The van der Waals surface area contributed by atoms with Crippen LogP contribution in [0.3, 0.4) is 0 Å². The summed E-state index contributed by atoms with van der Waals surface area (Å²) in [5.74, 6) is 0.371. The monoisotopic (exact) mass is 436 g/mol. The Hall–Kier alpha value is -2.92. The van der Waals surface area contributed by atoms with E-state index in [0.717, 1.165) is 6.54 Å². The largest absolute Gasteiger partial charge is 0.412 e. The summed E-state index contributed by atoms with van der Waals surface area (Å²) in [7, 11) is 0. The molecular weight excluding hydrogens is 403 g/mol. The number of halogens is 1. The first-order chi connectivity index (χ1) is 15.5. The van der Waals surface area contributed by atoms with E-state index in [4.69, 9.17) is 4.74 Å². The van der Waals surface area contributed by atoms with Crippen LogP contribution in [0.15, 0.2) is 78.3 Å². The molecule has 2 aromatic rings. The highest BCUT2D eigenvalue weighted by atomic mass is 19.1. The maximum absolute atomic E-state index is 13.0. The number of rotatable bonds is 5. The molecule has 32 heavy (non-hydrogen) atoms. The highest BCUT2D eigenvalue weighted by molar-refractivity contribution is 5.68. The van der Waals surface area contributed by atoms with Gasteiger partial charge in [0, 0.05) is 26.1 Å². The fraction of sp³-hybridized carbons (Fsp3) is 0.370. The molecule has 4 nitrogen and oxygen atoms in total. The van der Waals surface area contributed by atoms with Crippen LogP contribution in [-0.2, 0) is 11.3 Å². The number of amides is 1. The van der Waals surface area contributed by atoms with Gasteiger partial charge in [-0.25, -0.2) is 9.18 Å². The first-order valence-electron chi connectivity index (χ1n) is 11.4. The Balaban J connectivity index is 0.000000195. The molecule has 0 saturated carbocycles. The zero-order valence-corrected chi connectivity index (χ0v) is 19.0. The molecule has 4 rings (SSSR count). The summed E-state index contributed by atoms with van der Waals surface area (Å²) in [5, 5.41) is 2.42. The number of hydrogen-bond acceptors (Lipinski definition) is 3. The molecule has 2 aromatic carbocycles. The molecule has 1 unspecified atom stereocenters. The molecular formula is C27H33FN2O2. The van der Waals surface area contributed by atoms with Gasteiger partial charge in [-0.2, -0.15) is 0 Å². The van der Waals surface area contributed by atoms with Gasteiger partial charge in [-0.1, -0.05) is 66.2 Å². The molecule has 0 radical (unpaired) electrons. The Labute approximate surface area is 190 Å². The quantitative estimate of drug-likeness (QED) is 0.602. The average molecular weight is 437 g/mol. The topological polar surface area (TPSA) is 41.6 Å². The SMILES string of the molecule is CCNC(=O)OC1=C(F)CCC=C1.Cc1ccc(C2CCN(Cc3ccccc3)C2)cc1. The summed E-state index contributed by atoms with van der Waals surface area (Å²) in [6, 6.07) is 19.8. The van der Waals surface area contributed by atoms with E-state index in [1.165, 1.54) is 42.3 Å². The lowest BCUT2D eigenvalue weighted by atomic mass is 9.98. The van der Waals surface area contributed by atoms with Crippen LogP contribution in [0.4, 0.5) is 9.18 Å². The van der Waals surface area contributed by atoms with Crippen molar-refractivity contribution >= 4 is 6.09 Å². The number of benzene rings is 2. The van der Waals surface area contributed by atoms with Gasteiger partial charge in [0.15, 0.2) is 5.76 Å². The molecule has 1 saturated heterocycles. The van der Waals surface area contributed by atoms with Crippen molar-refractivity contribution in [2.24, 2.45) is 0 Å². The number of carbonyl (C=O) groups excluding carboxylic acids is 1. The lowest BCUT2D eigenvalue weighted by Gasteiger charge is -2.16. The van der Waals surface area contributed by atoms with Gasteiger partial charge in [0.25, 0.3) is 0 Å². The summed E-state index contributed by atoms with van der Waals surface area (Å²) in [6.07, 6.45) is 4.90. The third-order valence-corrected chi connectivity index (χ3v) is 5.66. The second-order valence-corrected chi connectivity index (χ2v) is 8.25. The predicted molar refractivity (Wildman–Crippen MR) is 127 cm³/mol. The van der Waals surface area contributed by atoms with Crippen LogP contribution in [0.2, 0.25) is 0 Å². The Morgan fingerprint density at radius 2 is 1.91 bits per heavy atom. The number of alkyl carbamates (subject to hydrolysis) is 1. The molecule has 5 heteroatoms. The van der Waals surface area contributed by atoms with Gasteiger partial charge in [0.05, 0.1) is 0 Å². The van der Waals surface area contributed by atoms with Gasteiger partial charge >= 0.3 is 6.09 Å². The highest BCUT2D eigenvalue weighted by Crippen LogP contribution is 2.28. The maximum atomic E-state index is 13.0. The Morgan fingerprint density at radius 3 is 2.59 bits per heavy atom. The van der Waals surface area contributed by atoms with Crippen LogP contribution >= 0.6 is 0 Å². The Bertz CT molecular complexity index is 922. The number of carbonyl (C=O) groups is 1. The van der Waals surface area contributed by atoms with Crippen molar-refractivity contribution < 1.29 is 13.9 Å². The summed E-state index contributed by atoms with van der Waals surface area (Å²) in [5.41, 5.74) is 4.27. The van der Waals surface area contributed by atoms with Crippen LogP contribution in [0, 0.1) is 6.92 Å². The third-order valence-electron chi connectivity index (χ3n) is 5.66. The van der Waals surface area contributed by atoms with Crippen LogP contribution in [-0.4, -0.2) is 30.6 Å². The van der Waals surface area contributed by atoms with Gasteiger partial charge in [-0.15, -0.1) is 0 Å². The van der Waals surface area contributed by atoms with Gasteiger partial charge < -0.3 is 10.1 Å². The van der Waals surface area contributed by atoms with Crippen molar-refractivity contribution in [3.63, 3.8) is 0 Å². The first-order valence-corrected chi connectivity index (χ1v) is 11.4. The molecule has 1 fully saturated rings. The molecule has 0 aromatic heterocycles. The van der Waals surface area contributed by atoms with Crippen LogP contribution in [0.1, 0.15) is 48.8 Å². The first kappa shape index (κ1) is 23.7. The highest BCUT2D eigenvalue weighted by Gasteiger charge is 2.23. The predicted octanol–water partition coefficient (Wildman–Crippen LogP) is 6.25. The molecule has 1 amide bonds. The van der Waals surface area contributed by atoms with Crippen LogP contribution in [0.25, 0.3) is 0 Å². The van der Waals surface area contributed by atoms with Crippen molar-refractivity contribution in [3.8, 4) is 0 Å². The minimum Gasteiger partial charge on any atom is -0.408 e. The number of nitrogens with zero attached hydrogens (tertiary/aromatic N) is 1. The van der Waals surface area contributed by atoms with Crippen LogP contribution < -0.4 is 5.32 Å². The molecule has 1 aliphatic heterocycles. The van der Waals surface area contributed by atoms with Gasteiger partial charge in [-0.3, -0.25) is 4.90 Å². The molecule has 0 spiro atoms. The number of nitrogens with one attached hydrogen (secondary N) is 1. The average Bonchev–Trinajstić information content (AvgIpc) is 3.26. The second kappa shape index (κ2) is 12.2. The molecule has 1 heterocycles.